The van der Waals surface area contributed by atoms with E-state index in [2.05, 4.69) is 9.46 Å². The van der Waals surface area contributed by atoms with Crippen molar-refractivity contribution in [3.05, 3.63) is 24.0 Å². The van der Waals surface area contributed by atoms with Gasteiger partial charge in [0, 0.05) is 6.54 Å². The van der Waals surface area contributed by atoms with Gasteiger partial charge in [0.05, 0.1) is 10.8 Å². The van der Waals surface area contributed by atoms with Gasteiger partial charge in [-0.2, -0.15) is 8.78 Å². The molecule has 0 aliphatic heterocycles. The van der Waals surface area contributed by atoms with Crippen LogP contribution < -0.4 is 9.46 Å². The molecule has 0 spiro atoms. The number of sulfonamides is 1. The minimum absolute atomic E-state index is 0.0406. The first kappa shape index (κ1) is 20.2. The predicted molar refractivity (Wildman–Crippen MR) is 78.8 cm³/mol. The van der Waals surface area contributed by atoms with Crippen LogP contribution in [0.1, 0.15) is 20.3 Å². The number of nitrogens with one attached hydrogen (secondary N) is 1. The van der Waals surface area contributed by atoms with Crippen LogP contribution in [-0.2, 0) is 14.8 Å². The molecule has 0 saturated heterocycles. The number of benzene rings is 1. The van der Waals surface area contributed by atoms with Crippen LogP contribution >= 0.6 is 0 Å². The smallest absolute Gasteiger partial charge is 0.387 e. The van der Waals surface area contributed by atoms with E-state index in [0.29, 0.717) is 6.07 Å². The summed E-state index contributed by atoms with van der Waals surface area (Å²) in [4.78, 5) is 10.6. The molecule has 24 heavy (non-hydrogen) atoms. The first-order chi connectivity index (χ1) is 11.0. The SMILES string of the molecule is CC(C)CC(CNS(=O)(=O)c1ccc(OC(F)F)c(F)c1)C(=O)O. The number of hydrogen-bond acceptors (Lipinski definition) is 4. The van der Waals surface area contributed by atoms with Crippen molar-refractivity contribution in [1.29, 1.82) is 0 Å². The molecular formula is C14H18F3NO5S. The van der Waals surface area contributed by atoms with E-state index in [1.807, 2.05) is 0 Å². The Morgan fingerprint density at radius 1 is 1.33 bits per heavy atom. The molecule has 136 valence electrons. The zero-order valence-corrected chi connectivity index (χ0v) is 13.8. The third kappa shape index (κ3) is 6.00. The molecule has 0 radical (unpaired) electrons. The highest BCUT2D eigenvalue weighted by atomic mass is 32.2. The second-order valence-electron chi connectivity index (χ2n) is 5.49. The standard InChI is InChI=1S/C14H18F3NO5S/c1-8(2)5-9(13(19)20)7-18-24(21,22)10-3-4-12(11(15)6-10)23-14(16)17/h3-4,6,8-9,14,18H,5,7H2,1-2H3,(H,19,20). The summed E-state index contributed by atoms with van der Waals surface area (Å²) >= 11 is 0. The molecule has 0 aliphatic carbocycles. The molecule has 1 aromatic carbocycles. The third-order valence-corrected chi connectivity index (χ3v) is 4.48. The van der Waals surface area contributed by atoms with Crippen LogP contribution in [0.5, 0.6) is 5.75 Å². The number of carbonyl (C=O) groups is 1. The molecule has 1 rings (SSSR count). The third-order valence-electron chi connectivity index (χ3n) is 3.05. The summed E-state index contributed by atoms with van der Waals surface area (Å²) in [6, 6.07) is 2.18. The van der Waals surface area contributed by atoms with E-state index in [-0.39, 0.29) is 18.9 Å². The molecule has 0 fully saturated rings. The number of hydrogen-bond donors (Lipinski definition) is 2. The Morgan fingerprint density at radius 2 is 1.96 bits per heavy atom. The van der Waals surface area contributed by atoms with Gasteiger partial charge < -0.3 is 9.84 Å². The Kier molecular flexibility index (Phi) is 7.03. The Hall–Kier alpha value is -1.81. The van der Waals surface area contributed by atoms with E-state index in [1.54, 1.807) is 13.8 Å². The fourth-order valence-corrected chi connectivity index (χ4v) is 3.07. The van der Waals surface area contributed by atoms with Crippen LogP contribution in [0.4, 0.5) is 13.2 Å². The molecular weight excluding hydrogens is 351 g/mol. The lowest BCUT2D eigenvalue weighted by atomic mass is 9.98. The maximum atomic E-state index is 13.6. The Morgan fingerprint density at radius 3 is 2.42 bits per heavy atom. The van der Waals surface area contributed by atoms with Gasteiger partial charge in [-0.15, -0.1) is 0 Å². The van der Waals surface area contributed by atoms with Crippen LogP contribution in [0.25, 0.3) is 0 Å². The molecule has 0 amide bonds. The lowest BCUT2D eigenvalue weighted by Crippen LogP contribution is -2.33. The summed E-state index contributed by atoms with van der Waals surface area (Å²) in [5.74, 6) is -4.11. The number of carboxylic acid groups (broad SMARTS) is 1. The Bertz CT molecular complexity index is 679. The van der Waals surface area contributed by atoms with Crippen molar-refractivity contribution in [1.82, 2.24) is 4.72 Å². The van der Waals surface area contributed by atoms with Crippen molar-refractivity contribution in [2.45, 2.75) is 31.8 Å². The molecule has 1 aromatic rings. The minimum Gasteiger partial charge on any atom is -0.481 e. The second-order valence-corrected chi connectivity index (χ2v) is 7.25. The zero-order valence-electron chi connectivity index (χ0n) is 13.0. The molecule has 0 heterocycles. The first-order valence-electron chi connectivity index (χ1n) is 6.99. The van der Waals surface area contributed by atoms with Gasteiger partial charge in [-0.05, 0) is 30.5 Å². The van der Waals surface area contributed by atoms with Gasteiger partial charge in [-0.1, -0.05) is 13.8 Å². The van der Waals surface area contributed by atoms with Gasteiger partial charge in [-0.3, -0.25) is 4.79 Å². The number of halogens is 3. The molecule has 0 aliphatic rings. The highest BCUT2D eigenvalue weighted by molar-refractivity contribution is 7.89. The van der Waals surface area contributed by atoms with Crippen LogP contribution in [-0.4, -0.2) is 32.6 Å². The van der Waals surface area contributed by atoms with Gasteiger partial charge in [0.25, 0.3) is 0 Å². The van der Waals surface area contributed by atoms with E-state index in [9.17, 15) is 26.4 Å². The summed E-state index contributed by atoms with van der Waals surface area (Å²) in [7, 11) is -4.19. The van der Waals surface area contributed by atoms with Gasteiger partial charge in [0.1, 0.15) is 0 Å². The molecule has 0 saturated carbocycles. The fourth-order valence-electron chi connectivity index (χ4n) is 1.97. The van der Waals surface area contributed by atoms with Gasteiger partial charge in [0.15, 0.2) is 11.6 Å². The summed E-state index contributed by atoms with van der Waals surface area (Å²) in [5.41, 5.74) is 0. The van der Waals surface area contributed by atoms with E-state index in [1.165, 1.54) is 0 Å². The van der Waals surface area contributed by atoms with Crippen LogP contribution in [0.2, 0.25) is 0 Å². The van der Waals surface area contributed by atoms with Crippen molar-refractivity contribution in [2.75, 3.05) is 6.54 Å². The number of carboxylic acids is 1. The fraction of sp³-hybridized carbons (Fsp3) is 0.500. The van der Waals surface area contributed by atoms with Crippen molar-refractivity contribution in [3.63, 3.8) is 0 Å². The van der Waals surface area contributed by atoms with Crippen LogP contribution in [0.15, 0.2) is 23.1 Å². The van der Waals surface area contributed by atoms with E-state index in [4.69, 9.17) is 5.11 Å². The topological polar surface area (TPSA) is 92.7 Å². The van der Waals surface area contributed by atoms with Crippen molar-refractivity contribution < 1.29 is 36.2 Å². The number of ether oxygens (including phenoxy) is 1. The summed E-state index contributed by atoms with van der Waals surface area (Å²) in [6.07, 6.45) is 0.257. The van der Waals surface area contributed by atoms with E-state index in [0.717, 1.165) is 12.1 Å². The molecule has 0 bridgehead atoms. The molecule has 1 unspecified atom stereocenters. The maximum absolute atomic E-state index is 13.6. The summed E-state index contributed by atoms with van der Waals surface area (Å²) < 4.78 is 67.8. The first-order valence-corrected chi connectivity index (χ1v) is 8.48. The number of rotatable bonds is 9. The lowest BCUT2D eigenvalue weighted by molar-refractivity contribution is -0.142. The average molecular weight is 369 g/mol. The molecule has 1 atom stereocenters. The van der Waals surface area contributed by atoms with E-state index >= 15 is 0 Å². The quantitative estimate of drug-likeness (QED) is 0.698. The minimum atomic E-state index is -4.19. The zero-order chi connectivity index (χ0) is 18.5. The summed E-state index contributed by atoms with van der Waals surface area (Å²) in [5, 5.41) is 9.07. The van der Waals surface area contributed by atoms with E-state index < -0.39 is 45.0 Å². The van der Waals surface area contributed by atoms with Crippen LogP contribution in [0, 0.1) is 17.7 Å². The average Bonchev–Trinajstić information content (AvgIpc) is 2.44. The molecule has 2 N–H and O–H groups in total. The Balaban J connectivity index is 2.88. The molecule has 0 aromatic heterocycles. The second kappa shape index (κ2) is 8.34. The Labute approximate surface area is 137 Å². The van der Waals surface area contributed by atoms with Gasteiger partial charge >= 0.3 is 12.6 Å². The normalized spacial score (nSPS) is 13.3. The number of aliphatic carboxylic acids is 1. The van der Waals surface area contributed by atoms with Crippen molar-refractivity contribution in [3.8, 4) is 5.75 Å². The monoisotopic (exact) mass is 369 g/mol. The largest absolute Gasteiger partial charge is 0.481 e. The highest BCUT2D eigenvalue weighted by Gasteiger charge is 2.23. The molecule has 10 heteroatoms. The van der Waals surface area contributed by atoms with Crippen molar-refractivity contribution >= 4 is 16.0 Å². The molecule has 6 nitrogen and oxygen atoms in total. The lowest BCUT2D eigenvalue weighted by Gasteiger charge is -2.16. The highest BCUT2D eigenvalue weighted by Crippen LogP contribution is 2.23. The summed E-state index contributed by atoms with van der Waals surface area (Å²) in [6.45, 7) is -0.0250. The predicted octanol–water partition coefficient (Wildman–Crippen LogP) is 2.45. The van der Waals surface area contributed by atoms with Gasteiger partial charge in [0.2, 0.25) is 10.0 Å². The van der Waals surface area contributed by atoms with Crippen molar-refractivity contribution in [2.24, 2.45) is 11.8 Å². The maximum Gasteiger partial charge on any atom is 0.387 e. The van der Waals surface area contributed by atoms with Gasteiger partial charge in [-0.25, -0.2) is 17.5 Å². The van der Waals surface area contributed by atoms with Crippen LogP contribution in [0.3, 0.4) is 0 Å². The number of alkyl halides is 2.